The van der Waals surface area contributed by atoms with Crippen molar-refractivity contribution in [2.75, 3.05) is 4.72 Å². The molecule has 0 bridgehead atoms. The fraction of sp³-hybridized carbons (Fsp3) is 0.143. The van der Waals surface area contributed by atoms with Crippen LogP contribution in [0.3, 0.4) is 0 Å². The van der Waals surface area contributed by atoms with Gasteiger partial charge in [0.05, 0.1) is 4.90 Å². The molecule has 1 heterocycles. The lowest BCUT2D eigenvalue weighted by atomic mass is 10.0. The third kappa shape index (κ3) is 6.12. The van der Waals surface area contributed by atoms with Gasteiger partial charge in [-0.1, -0.05) is 34.1 Å². The van der Waals surface area contributed by atoms with Gasteiger partial charge in [0, 0.05) is 35.4 Å². The zero-order chi connectivity index (χ0) is 19.1. The molecule has 1 atom stereocenters. The van der Waals surface area contributed by atoms with Crippen LogP contribution in [0.1, 0.15) is 17.5 Å². The summed E-state index contributed by atoms with van der Waals surface area (Å²) < 4.78 is 16.2. The molecule has 3 rings (SSSR count). The number of Topliss-reactive ketones (excluding diaryl/α,β-unsaturated/α-hetero) is 1. The van der Waals surface area contributed by atoms with Crippen molar-refractivity contribution in [2.45, 2.75) is 24.2 Å². The highest BCUT2D eigenvalue weighted by molar-refractivity contribution is 9.10. The lowest BCUT2D eigenvalue weighted by molar-refractivity contribution is -0.118. The third-order valence-electron chi connectivity index (χ3n) is 4.01. The van der Waals surface area contributed by atoms with Crippen molar-refractivity contribution >= 4 is 38.4 Å². The van der Waals surface area contributed by atoms with E-state index in [0.29, 0.717) is 24.2 Å². The summed E-state index contributed by atoms with van der Waals surface area (Å²) in [6.07, 6.45) is 5.12. The van der Waals surface area contributed by atoms with Gasteiger partial charge in [0.25, 0.3) is 0 Å². The molecular weight excluding hydrogens is 424 g/mol. The number of anilines is 1. The van der Waals surface area contributed by atoms with Crippen LogP contribution in [0, 0.1) is 0 Å². The predicted octanol–water partition coefficient (Wildman–Crippen LogP) is 4.72. The highest BCUT2D eigenvalue weighted by Gasteiger charge is 2.07. The third-order valence-corrected chi connectivity index (χ3v) is 5.66. The lowest BCUT2D eigenvalue weighted by Gasteiger charge is -2.07. The molecule has 3 aromatic rings. The van der Waals surface area contributed by atoms with E-state index >= 15 is 0 Å². The maximum Gasteiger partial charge on any atom is 0.150 e. The number of halogens is 1. The Morgan fingerprint density at radius 2 is 1.74 bits per heavy atom. The average Bonchev–Trinajstić information content (AvgIpc) is 2.69. The molecular formula is C21H19BrN2O2S. The Morgan fingerprint density at radius 1 is 1.00 bits per heavy atom. The maximum absolute atomic E-state index is 12.3. The van der Waals surface area contributed by atoms with Gasteiger partial charge >= 0.3 is 0 Å². The molecule has 6 heteroatoms. The van der Waals surface area contributed by atoms with Gasteiger partial charge in [0.15, 0.2) is 0 Å². The van der Waals surface area contributed by atoms with Crippen LogP contribution in [0.4, 0.5) is 5.69 Å². The van der Waals surface area contributed by atoms with Gasteiger partial charge in [-0.2, -0.15) is 0 Å². The van der Waals surface area contributed by atoms with Gasteiger partial charge < -0.3 is 4.72 Å². The summed E-state index contributed by atoms with van der Waals surface area (Å²) >= 11 is 3.36. The van der Waals surface area contributed by atoms with E-state index in [9.17, 15) is 9.00 Å². The average molecular weight is 443 g/mol. The van der Waals surface area contributed by atoms with Gasteiger partial charge in [-0.15, -0.1) is 0 Å². The fourth-order valence-electron chi connectivity index (χ4n) is 2.56. The Hall–Kier alpha value is -2.31. The summed E-state index contributed by atoms with van der Waals surface area (Å²) in [5.74, 6) is 0.193. The molecule has 2 aromatic carbocycles. The maximum atomic E-state index is 12.3. The van der Waals surface area contributed by atoms with E-state index in [4.69, 9.17) is 0 Å². The first-order valence-electron chi connectivity index (χ1n) is 8.54. The quantitative estimate of drug-likeness (QED) is 0.548. The number of carbonyl (C=O) groups is 1. The Labute approximate surface area is 169 Å². The Morgan fingerprint density at radius 3 is 2.41 bits per heavy atom. The Bertz CT molecular complexity index is 913. The van der Waals surface area contributed by atoms with Crippen molar-refractivity contribution in [1.82, 2.24) is 4.98 Å². The summed E-state index contributed by atoms with van der Waals surface area (Å²) in [4.78, 5) is 16.9. The van der Waals surface area contributed by atoms with Crippen LogP contribution in [0.15, 0.2) is 82.4 Å². The molecule has 0 aliphatic rings. The second kappa shape index (κ2) is 9.58. The van der Waals surface area contributed by atoms with Crippen LogP contribution in [0.25, 0.3) is 0 Å². The molecule has 1 aromatic heterocycles. The number of nitrogens with one attached hydrogen (secondary N) is 1. The molecule has 4 nitrogen and oxygen atoms in total. The zero-order valence-corrected chi connectivity index (χ0v) is 17.0. The van der Waals surface area contributed by atoms with Crippen LogP contribution in [0.5, 0.6) is 0 Å². The zero-order valence-electron chi connectivity index (χ0n) is 14.6. The number of pyridine rings is 1. The summed E-state index contributed by atoms with van der Waals surface area (Å²) in [6.45, 7) is 0. The minimum absolute atomic E-state index is 0.193. The number of aryl methyl sites for hydroxylation is 1. The van der Waals surface area contributed by atoms with Crippen LogP contribution in [0.2, 0.25) is 0 Å². The number of benzene rings is 2. The van der Waals surface area contributed by atoms with Crippen molar-refractivity contribution < 1.29 is 9.00 Å². The summed E-state index contributed by atoms with van der Waals surface area (Å²) in [5.41, 5.74) is 2.77. The van der Waals surface area contributed by atoms with Crippen molar-refractivity contribution in [3.63, 3.8) is 0 Å². The van der Waals surface area contributed by atoms with Gasteiger partial charge in [-0.3, -0.25) is 9.78 Å². The minimum Gasteiger partial charge on any atom is -0.301 e. The standard InChI is InChI=1S/C21H19BrN2O2S/c22-18-6-11-21(12-7-18)27(26)24-19-8-3-16(4-9-19)14-20(25)10-5-17-2-1-13-23-15-17/h1-4,6-9,11-13,15,24H,5,10,14H2. The van der Waals surface area contributed by atoms with Crippen molar-refractivity contribution in [1.29, 1.82) is 0 Å². The van der Waals surface area contributed by atoms with Crippen molar-refractivity contribution in [3.05, 3.63) is 88.7 Å². The molecule has 0 radical (unpaired) electrons. The number of aromatic nitrogens is 1. The second-order valence-corrected chi connectivity index (χ2v) is 8.23. The molecule has 1 N–H and O–H groups in total. The van der Waals surface area contributed by atoms with Crippen molar-refractivity contribution in [2.24, 2.45) is 0 Å². The van der Waals surface area contributed by atoms with Crippen LogP contribution < -0.4 is 4.72 Å². The summed E-state index contributed by atoms with van der Waals surface area (Å²) in [6, 6.07) is 18.7. The molecule has 0 aliphatic heterocycles. The molecule has 0 fully saturated rings. The van der Waals surface area contributed by atoms with Crippen LogP contribution in [-0.4, -0.2) is 15.0 Å². The molecule has 0 amide bonds. The first kappa shape index (κ1) is 19.5. The van der Waals surface area contributed by atoms with E-state index < -0.39 is 11.0 Å². The molecule has 0 spiro atoms. The number of hydrogen-bond donors (Lipinski definition) is 1. The summed E-state index contributed by atoms with van der Waals surface area (Å²) in [7, 11) is -1.33. The molecule has 0 aliphatic carbocycles. The van der Waals surface area contributed by atoms with E-state index in [0.717, 1.165) is 21.3 Å². The number of nitrogens with zero attached hydrogens (tertiary/aromatic N) is 1. The normalized spacial score (nSPS) is 11.7. The fourth-order valence-corrected chi connectivity index (χ4v) is 3.68. The first-order valence-corrected chi connectivity index (χ1v) is 10.5. The predicted molar refractivity (Wildman–Crippen MR) is 112 cm³/mol. The largest absolute Gasteiger partial charge is 0.301 e. The molecule has 0 saturated carbocycles. The molecule has 138 valence electrons. The smallest absolute Gasteiger partial charge is 0.150 e. The Balaban J connectivity index is 1.51. The molecule has 27 heavy (non-hydrogen) atoms. The van der Waals surface area contributed by atoms with Gasteiger partial charge in [-0.05, 0) is 60.0 Å². The minimum atomic E-state index is -1.33. The molecule has 0 saturated heterocycles. The van der Waals surface area contributed by atoms with Crippen LogP contribution >= 0.6 is 15.9 Å². The van der Waals surface area contributed by atoms with E-state index in [1.54, 1.807) is 12.4 Å². The van der Waals surface area contributed by atoms with E-state index in [1.807, 2.05) is 60.7 Å². The summed E-state index contributed by atoms with van der Waals surface area (Å²) in [5, 5.41) is 0. The monoisotopic (exact) mass is 442 g/mol. The number of rotatable bonds is 8. The van der Waals surface area contributed by atoms with E-state index in [-0.39, 0.29) is 5.78 Å². The number of carbonyl (C=O) groups excluding carboxylic acids is 1. The topological polar surface area (TPSA) is 59.1 Å². The van der Waals surface area contributed by atoms with E-state index in [2.05, 4.69) is 25.6 Å². The lowest BCUT2D eigenvalue weighted by Crippen LogP contribution is -2.06. The SMILES string of the molecule is O=C(CCc1cccnc1)Cc1ccc(NS(=O)c2ccc(Br)cc2)cc1. The van der Waals surface area contributed by atoms with Gasteiger partial charge in [0.2, 0.25) is 0 Å². The first-order chi connectivity index (χ1) is 13.1. The van der Waals surface area contributed by atoms with Gasteiger partial charge in [0.1, 0.15) is 16.8 Å². The van der Waals surface area contributed by atoms with E-state index in [1.165, 1.54) is 0 Å². The number of hydrogen-bond acceptors (Lipinski definition) is 3. The second-order valence-electron chi connectivity index (χ2n) is 6.10. The highest BCUT2D eigenvalue weighted by Crippen LogP contribution is 2.17. The number of ketones is 1. The van der Waals surface area contributed by atoms with Crippen LogP contribution in [-0.2, 0) is 28.6 Å². The Kier molecular flexibility index (Phi) is 6.90. The highest BCUT2D eigenvalue weighted by atomic mass is 79.9. The van der Waals surface area contributed by atoms with Gasteiger partial charge in [-0.25, -0.2) is 4.21 Å². The van der Waals surface area contributed by atoms with Crippen molar-refractivity contribution in [3.8, 4) is 0 Å². The molecule has 1 unspecified atom stereocenters.